The van der Waals surface area contributed by atoms with Crippen LogP contribution in [-0.2, 0) is 0 Å². The van der Waals surface area contributed by atoms with Crippen LogP contribution in [0.1, 0.15) is 0 Å². The van der Waals surface area contributed by atoms with Crippen LogP contribution in [0.2, 0.25) is 0 Å². The fourth-order valence-electron chi connectivity index (χ4n) is 18.5. The molecule has 26 rings (SSSR count). The summed E-state index contributed by atoms with van der Waals surface area (Å²) in [6.07, 6.45) is 0. The molecule has 0 radical (unpaired) electrons. The van der Waals surface area contributed by atoms with Crippen LogP contribution in [0.4, 0.5) is 0 Å². The van der Waals surface area contributed by atoms with Gasteiger partial charge in [0.15, 0.2) is 0 Å². The van der Waals surface area contributed by atoms with Crippen molar-refractivity contribution < 1.29 is 0 Å². The van der Waals surface area contributed by atoms with Gasteiger partial charge in [0.2, 0.25) is 0 Å². The Morgan fingerprint density at radius 1 is 0.148 bits per heavy atom. The molecule has 4 heterocycles. The summed E-state index contributed by atoms with van der Waals surface area (Å²) in [6, 6.07) is 146. The number of fused-ring (bicyclic) bond motifs is 28. The zero-order valence-electron chi connectivity index (χ0n) is 65.2. The second kappa shape index (κ2) is 31.1. The van der Waals surface area contributed by atoms with Gasteiger partial charge in [0, 0.05) is 110 Å². The molecule has 0 nitrogen and oxygen atoms in total. The van der Waals surface area contributed by atoms with Gasteiger partial charge in [0.25, 0.3) is 0 Å². The van der Waals surface area contributed by atoms with Crippen molar-refractivity contribution in [2.45, 2.75) is 0 Å². The van der Waals surface area contributed by atoms with Crippen molar-refractivity contribution in [2.24, 2.45) is 0 Å². The Morgan fingerprint density at radius 2 is 0.484 bits per heavy atom. The molecule has 0 bridgehead atoms. The van der Waals surface area contributed by atoms with E-state index in [1.807, 2.05) is 45.3 Å². The lowest BCUT2D eigenvalue weighted by Gasteiger charge is -2.11. The van der Waals surface area contributed by atoms with Crippen molar-refractivity contribution in [1.29, 1.82) is 0 Å². The van der Waals surface area contributed by atoms with Crippen LogP contribution in [0.3, 0.4) is 0 Å². The zero-order valence-corrected chi connectivity index (χ0v) is 74.9. The van der Waals surface area contributed by atoms with E-state index in [0.29, 0.717) is 0 Å². The molecule has 0 saturated carbocycles. The van der Waals surface area contributed by atoms with Gasteiger partial charge in [-0.1, -0.05) is 379 Å². The highest BCUT2D eigenvalue weighted by Gasteiger charge is 2.22. The maximum atomic E-state index is 3.82. The molecule has 122 heavy (non-hydrogen) atoms. The van der Waals surface area contributed by atoms with Gasteiger partial charge in [-0.25, -0.2) is 0 Å². The first-order valence-corrected chi connectivity index (χ1v) is 47.2. The Hall–Kier alpha value is -12.0. The molecule has 0 N–H and O–H groups in total. The zero-order chi connectivity index (χ0) is 81.2. The van der Waals surface area contributed by atoms with E-state index < -0.39 is 0 Å². The van der Waals surface area contributed by atoms with Gasteiger partial charge < -0.3 is 0 Å². The van der Waals surface area contributed by atoms with Gasteiger partial charge in [-0.05, 0) is 227 Å². The van der Waals surface area contributed by atoms with Gasteiger partial charge in [-0.3, -0.25) is 0 Å². The van der Waals surface area contributed by atoms with E-state index in [0.717, 1.165) is 17.9 Å². The summed E-state index contributed by atoms with van der Waals surface area (Å²) >= 11 is 22.1. The summed E-state index contributed by atoms with van der Waals surface area (Å²) in [6.45, 7) is 0. The van der Waals surface area contributed by atoms with Crippen LogP contribution in [-0.4, -0.2) is 0 Å². The first-order valence-electron chi connectivity index (χ1n) is 40.7. The molecule has 574 valence electrons. The Labute approximate surface area is 753 Å². The van der Waals surface area contributed by atoms with Crippen LogP contribution < -0.4 is 0 Å². The molecule has 26 aromatic rings. The maximum absolute atomic E-state index is 3.82. The highest BCUT2D eigenvalue weighted by Crippen LogP contribution is 2.51. The lowest BCUT2D eigenvalue weighted by molar-refractivity contribution is 1.59. The molecule has 4 aromatic heterocycles. The minimum absolute atomic E-state index is 1.10. The van der Waals surface area contributed by atoms with E-state index in [4.69, 9.17) is 0 Å². The third-order valence-electron chi connectivity index (χ3n) is 24.2. The van der Waals surface area contributed by atoms with E-state index in [1.165, 1.54) is 233 Å². The molecule has 8 heteroatoms. The van der Waals surface area contributed by atoms with E-state index in [9.17, 15) is 0 Å². The van der Waals surface area contributed by atoms with Crippen LogP contribution >= 0.6 is 109 Å². The molecule has 0 atom stereocenters. The van der Waals surface area contributed by atoms with Crippen LogP contribution in [0.5, 0.6) is 0 Å². The average Bonchev–Trinajstić information content (AvgIpc) is 1.57. The standard InChI is InChI=1S/C32H19BrS.C30H17BrS.2C26H15BrS/c33-25-15-13-21(14-16-25)20-9-11-22(12-10-20)28-19-30-29-17-23-5-1-2-6-24(23)18-31(29)34-32(30)27-8-4-3-7-26(27)28;31-27-16-20(15-19-8-2-3-9-21(19)27)26-17-28-29(24-12-6-5-11-23(24)26)25-14-13-18-7-1-4-10-22(18)30(25)32-28;27-19-12-9-17(10-13-19)23-15-18-6-2-3-7-20(18)24-22-14-11-16-5-1-4-8-21(16)25(22)28-26(23)24;27-18-12-9-17(10-13-18)23-15-24-25(21-8-4-3-7-20(21)23)22-14-11-16-5-1-2-6-19(16)26(22)28-24/h1-19H;1-17H;2*1-15H. The third kappa shape index (κ3) is 13.2. The quantitative estimate of drug-likeness (QED) is 0.161. The lowest BCUT2D eigenvalue weighted by Crippen LogP contribution is -1.84. The van der Waals surface area contributed by atoms with Gasteiger partial charge in [-0.15, -0.1) is 45.3 Å². The largest absolute Gasteiger partial charge is 0.135 e. The second-order valence-corrected chi connectivity index (χ2v) is 39.0. The van der Waals surface area contributed by atoms with Crippen molar-refractivity contribution in [3.63, 3.8) is 0 Å². The fourth-order valence-corrected chi connectivity index (χ4v) is 25.1. The summed E-state index contributed by atoms with van der Waals surface area (Å²) in [4.78, 5) is 0. The number of benzene rings is 22. The van der Waals surface area contributed by atoms with Crippen LogP contribution in [0, 0.1) is 0 Å². The molecular weight excluding hydrogens is 1820 g/mol. The Morgan fingerprint density at radius 3 is 0.992 bits per heavy atom. The molecule has 22 aromatic carbocycles. The minimum Gasteiger partial charge on any atom is -0.135 e. The number of rotatable bonds is 5. The monoisotopic (exact) mass is 1880 g/mol. The molecule has 0 spiro atoms. The normalized spacial score (nSPS) is 11.8. The van der Waals surface area contributed by atoms with Gasteiger partial charge in [0.1, 0.15) is 0 Å². The lowest BCUT2D eigenvalue weighted by atomic mass is 9.93. The first kappa shape index (κ1) is 75.0. The molecular formula is C114H66Br4S4. The van der Waals surface area contributed by atoms with E-state index in [2.05, 4.69) is 464 Å². The Bertz CT molecular complexity index is 8740. The first-order chi connectivity index (χ1) is 60.1. The van der Waals surface area contributed by atoms with Gasteiger partial charge >= 0.3 is 0 Å². The molecule has 0 aliphatic heterocycles. The highest BCUT2D eigenvalue weighted by atomic mass is 79.9. The van der Waals surface area contributed by atoms with Gasteiger partial charge in [-0.2, -0.15) is 0 Å². The number of thiophene rings is 4. The van der Waals surface area contributed by atoms with E-state index in [1.54, 1.807) is 0 Å². The summed E-state index contributed by atoms with van der Waals surface area (Å²) < 4.78 is 15.4. The maximum Gasteiger partial charge on any atom is 0.0440 e. The average molecular weight is 1880 g/mol. The summed E-state index contributed by atoms with van der Waals surface area (Å²) in [7, 11) is 0. The minimum atomic E-state index is 1.10. The second-order valence-electron chi connectivity index (χ2n) is 31.3. The SMILES string of the molecule is Brc1cc(-c2cc3sc4c5ccccc5ccc4c3c3ccccc23)cc2ccccc12.Brc1ccc(-c2cc3ccccc3c3c2sc2c4ccccc4ccc23)cc1.Brc1ccc(-c2cc3sc4c5ccccc5ccc4c3c3ccccc23)cc1.Brc1ccc(-c2ccc(-c3cc4c5cc6ccccc6cc5sc4c4ccccc34)cc2)cc1. The van der Waals surface area contributed by atoms with Gasteiger partial charge in [0.05, 0.1) is 0 Å². The summed E-state index contributed by atoms with van der Waals surface area (Å²) in [5, 5.41) is 34.4. The molecule has 0 fully saturated rings. The molecule has 0 saturated heterocycles. The highest BCUT2D eigenvalue weighted by molar-refractivity contribution is 9.11. The van der Waals surface area contributed by atoms with Crippen LogP contribution in [0.25, 0.3) is 233 Å². The smallest absolute Gasteiger partial charge is 0.0440 e. The number of halogens is 4. The van der Waals surface area contributed by atoms with Crippen molar-refractivity contribution >= 4 is 287 Å². The van der Waals surface area contributed by atoms with Crippen LogP contribution in [0.15, 0.2) is 418 Å². The topological polar surface area (TPSA) is 0 Å². The summed E-state index contributed by atoms with van der Waals surface area (Å²) in [5.74, 6) is 0. The predicted molar refractivity (Wildman–Crippen MR) is 553 cm³/mol. The third-order valence-corrected chi connectivity index (χ3v) is 31.3. The van der Waals surface area contributed by atoms with Crippen molar-refractivity contribution in [1.82, 2.24) is 0 Å². The predicted octanol–water partition coefficient (Wildman–Crippen LogP) is 38.0. The van der Waals surface area contributed by atoms with E-state index in [-0.39, 0.29) is 0 Å². The van der Waals surface area contributed by atoms with E-state index >= 15 is 0 Å². The molecule has 0 amide bonds. The molecule has 0 aliphatic carbocycles. The summed E-state index contributed by atoms with van der Waals surface area (Å²) in [5.41, 5.74) is 12.7. The van der Waals surface area contributed by atoms with Crippen molar-refractivity contribution in [3.05, 3.63) is 418 Å². The Kier molecular flexibility index (Phi) is 19.1. The van der Waals surface area contributed by atoms with Crippen molar-refractivity contribution in [2.75, 3.05) is 0 Å². The molecule has 0 unspecified atom stereocenters. The molecule has 0 aliphatic rings. The fraction of sp³-hybridized carbons (Fsp3) is 0. The number of hydrogen-bond acceptors (Lipinski definition) is 4. The Balaban J connectivity index is 0.0000000947. The van der Waals surface area contributed by atoms with Crippen molar-refractivity contribution in [3.8, 4) is 55.6 Å². The number of hydrogen-bond donors (Lipinski definition) is 0.